The lowest BCUT2D eigenvalue weighted by molar-refractivity contribution is -0.116. The molecule has 0 N–H and O–H groups in total. The molecule has 30 heavy (non-hydrogen) atoms. The van der Waals surface area contributed by atoms with Crippen LogP contribution in [0.15, 0.2) is 28.8 Å². The van der Waals surface area contributed by atoms with Gasteiger partial charge in [-0.25, -0.2) is 9.18 Å². The van der Waals surface area contributed by atoms with Crippen molar-refractivity contribution in [3.05, 3.63) is 56.4 Å². The third-order valence-corrected chi connectivity index (χ3v) is 5.47. The fourth-order valence-electron chi connectivity index (χ4n) is 3.10. The molecule has 10 heteroatoms. The lowest BCUT2D eigenvalue weighted by atomic mass is 9.96. The highest BCUT2D eigenvalue weighted by Gasteiger charge is 2.36. The minimum absolute atomic E-state index is 0.0270. The fraction of sp³-hybridized carbons (Fsp3) is 0.450. The molecule has 0 radical (unpaired) electrons. The molecule has 1 aromatic heterocycles. The lowest BCUT2D eigenvalue weighted by Gasteiger charge is -2.11. The van der Waals surface area contributed by atoms with Crippen LogP contribution >= 0.6 is 11.6 Å². The average Bonchev–Trinajstić information content (AvgIpc) is 3.64. The topological polar surface area (TPSA) is 96.1 Å². The molecule has 2 aliphatic rings. The molecule has 2 fully saturated rings. The van der Waals surface area contributed by atoms with Crippen molar-refractivity contribution in [1.82, 2.24) is 19.8 Å². The molecular formula is C20H20ClFN4O4. The van der Waals surface area contributed by atoms with Crippen LogP contribution in [0.1, 0.15) is 54.6 Å². The Morgan fingerprint density at radius 3 is 2.63 bits per heavy atom. The number of Topliss-reactive ketones (excluding diaryl/α,β-unsaturated/α-hetero) is 2. The second-order valence-corrected chi connectivity index (χ2v) is 7.84. The fourth-order valence-corrected chi connectivity index (χ4v) is 3.31. The molecule has 2 saturated carbocycles. The summed E-state index contributed by atoms with van der Waals surface area (Å²) in [7, 11) is 0. The van der Waals surface area contributed by atoms with Gasteiger partial charge in [0.1, 0.15) is 11.4 Å². The summed E-state index contributed by atoms with van der Waals surface area (Å²) in [5.74, 6) is -2.25. The van der Waals surface area contributed by atoms with Crippen LogP contribution in [0.3, 0.4) is 0 Å². The number of allylic oxidation sites excluding steroid dienone is 1. The van der Waals surface area contributed by atoms with Gasteiger partial charge in [0.05, 0.1) is 31.0 Å². The monoisotopic (exact) mass is 434 g/mol. The maximum atomic E-state index is 15.3. The lowest BCUT2D eigenvalue weighted by Crippen LogP contribution is -2.26. The Morgan fingerprint density at radius 2 is 2.00 bits per heavy atom. The SMILES string of the molecule is CCOC=C(C(=O)c1ccc(Cl)c(Cn2nnn(C3CC3)c2=O)c1F)C(=O)C1CC1. The van der Waals surface area contributed by atoms with E-state index in [0.29, 0.717) is 12.8 Å². The smallest absolute Gasteiger partial charge is 0.364 e. The summed E-state index contributed by atoms with van der Waals surface area (Å²) in [5.41, 5.74) is -1.03. The largest absolute Gasteiger partial charge is 0.501 e. The number of halogens is 2. The highest BCUT2D eigenvalue weighted by atomic mass is 35.5. The van der Waals surface area contributed by atoms with Gasteiger partial charge in [0.2, 0.25) is 5.78 Å². The third kappa shape index (κ3) is 3.94. The number of ether oxygens (including phenoxy) is 1. The van der Waals surface area contributed by atoms with E-state index in [1.54, 1.807) is 6.92 Å². The van der Waals surface area contributed by atoms with E-state index in [0.717, 1.165) is 23.8 Å². The van der Waals surface area contributed by atoms with Crippen molar-refractivity contribution in [2.24, 2.45) is 5.92 Å². The predicted octanol–water partition coefficient (Wildman–Crippen LogP) is 2.70. The normalized spacial score (nSPS) is 16.6. The molecule has 0 atom stereocenters. The Labute approximate surface area is 176 Å². The van der Waals surface area contributed by atoms with Crippen LogP contribution in [0.4, 0.5) is 4.39 Å². The zero-order valence-corrected chi connectivity index (χ0v) is 17.1. The zero-order valence-electron chi connectivity index (χ0n) is 16.3. The van der Waals surface area contributed by atoms with Crippen LogP contribution in [0.25, 0.3) is 0 Å². The summed E-state index contributed by atoms with van der Waals surface area (Å²) in [6, 6.07) is 2.62. The molecule has 0 bridgehead atoms. The Hall–Kier alpha value is -2.81. The van der Waals surface area contributed by atoms with E-state index in [1.807, 2.05) is 0 Å². The second kappa shape index (κ2) is 8.14. The van der Waals surface area contributed by atoms with Gasteiger partial charge in [0.25, 0.3) is 0 Å². The second-order valence-electron chi connectivity index (χ2n) is 7.44. The van der Waals surface area contributed by atoms with Crippen LogP contribution in [-0.4, -0.2) is 38.0 Å². The Bertz CT molecular complexity index is 1100. The zero-order chi connectivity index (χ0) is 21.4. The third-order valence-electron chi connectivity index (χ3n) is 5.12. The maximum Gasteiger partial charge on any atom is 0.364 e. The van der Waals surface area contributed by atoms with E-state index in [1.165, 1.54) is 16.8 Å². The van der Waals surface area contributed by atoms with E-state index < -0.39 is 17.3 Å². The highest BCUT2D eigenvalue weighted by Crippen LogP contribution is 2.34. The number of carbonyl (C=O) groups is 2. The Balaban J connectivity index is 1.67. The van der Waals surface area contributed by atoms with Crippen molar-refractivity contribution in [3.63, 3.8) is 0 Å². The van der Waals surface area contributed by atoms with Gasteiger partial charge in [-0.3, -0.25) is 9.59 Å². The molecule has 0 aliphatic heterocycles. The summed E-state index contributed by atoms with van der Waals surface area (Å²) in [4.78, 5) is 37.9. The van der Waals surface area contributed by atoms with Gasteiger partial charge in [0.15, 0.2) is 5.78 Å². The molecule has 2 aliphatic carbocycles. The van der Waals surface area contributed by atoms with Crippen molar-refractivity contribution in [1.29, 1.82) is 0 Å². The van der Waals surface area contributed by atoms with E-state index >= 15 is 4.39 Å². The molecule has 2 aromatic rings. The number of hydrogen-bond donors (Lipinski definition) is 0. The van der Waals surface area contributed by atoms with Gasteiger partial charge in [-0.15, -0.1) is 0 Å². The van der Waals surface area contributed by atoms with Crippen LogP contribution < -0.4 is 5.69 Å². The van der Waals surface area contributed by atoms with Gasteiger partial charge >= 0.3 is 5.69 Å². The maximum absolute atomic E-state index is 15.3. The molecule has 4 rings (SSSR count). The molecule has 0 saturated heterocycles. The van der Waals surface area contributed by atoms with Gasteiger partial charge in [-0.2, -0.15) is 9.36 Å². The minimum Gasteiger partial charge on any atom is -0.501 e. The number of benzene rings is 1. The summed E-state index contributed by atoms with van der Waals surface area (Å²) in [5, 5.41) is 7.64. The van der Waals surface area contributed by atoms with Crippen LogP contribution in [0.5, 0.6) is 0 Å². The van der Waals surface area contributed by atoms with E-state index in [9.17, 15) is 14.4 Å². The van der Waals surface area contributed by atoms with E-state index in [2.05, 4.69) is 10.4 Å². The molecular weight excluding hydrogens is 415 g/mol. The number of aromatic nitrogens is 4. The number of carbonyl (C=O) groups excluding carboxylic acids is 2. The summed E-state index contributed by atoms with van der Waals surface area (Å²) >= 11 is 6.15. The molecule has 0 amide bonds. The number of nitrogens with zero attached hydrogens (tertiary/aromatic N) is 4. The first kappa shape index (κ1) is 20.5. The molecule has 158 valence electrons. The molecule has 0 spiro atoms. The average molecular weight is 435 g/mol. The Morgan fingerprint density at radius 1 is 1.27 bits per heavy atom. The highest BCUT2D eigenvalue weighted by molar-refractivity contribution is 6.32. The molecule has 8 nitrogen and oxygen atoms in total. The van der Waals surface area contributed by atoms with Crippen molar-refractivity contribution >= 4 is 23.2 Å². The van der Waals surface area contributed by atoms with Gasteiger partial charge in [0, 0.05) is 16.5 Å². The van der Waals surface area contributed by atoms with E-state index in [-0.39, 0.29) is 52.6 Å². The molecule has 1 heterocycles. The minimum atomic E-state index is -0.897. The molecule has 1 aromatic carbocycles. The summed E-state index contributed by atoms with van der Waals surface area (Å²) in [6.45, 7) is 1.70. The van der Waals surface area contributed by atoms with Crippen LogP contribution in [-0.2, 0) is 16.1 Å². The van der Waals surface area contributed by atoms with Gasteiger partial charge in [-0.05, 0) is 55.2 Å². The first-order valence-corrected chi connectivity index (χ1v) is 10.2. The predicted molar refractivity (Wildman–Crippen MR) is 105 cm³/mol. The summed E-state index contributed by atoms with van der Waals surface area (Å²) < 4.78 is 22.7. The van der Waals surface area contributed by atoms with Gasteiger partial charge in [-0.1, -0.05) is 11.6 Å². The first-order valence-electron chi connectivity index (χ1n) is 9.82. The van der Waals surface area contributed by atoms with Crippen molar-refractivity contribution < 1.29 is 18.7 Å². The van der Waals surface area contributed by atoms with Crippen LogP contribution in [0.2, 0.25) is 5.02 Å². The Kier molecular flexibility index (Phi) is 5.55. The van der Waals surface area contributed by atoms with Crippen LogP contribution in [0, 0.1) is 11.7 Å². The summed E-state index contributed by atoms with van der Waals surface area (Å²) in [6.07, 6.45) is 4.19. The van der Waals surface area contributed by atoms with E-state index in [4.69, 9.17) is 16.3 Å². The number of hydrogen-bond acceptors (Lipinski definition) is 6. The number of tetrazole rings is 1. The molecule has 0 unspecified atom stereocenters. The van der Waals surface area contributed by atoms with Crippen molar-refractivity contribution in [2.75, 3.05) is 6.61 Å². The quantitative estimate of drug-likeness (QED) is 0.198. The number of rotatable bonds is 9. The van der Waals surface area contributed by atoms with Crippen molar-refractivity contribution in [3.8, 4) is 0 Å². The standard InChI is InChI=1S/C20H20ClFN4O4/c1-2-30-10-15(18(27)11-3-4-11)19(28)13-7-8-16(21)14(17(13)22)9-25-20(29)26(24-23-25)12-5-6-12/h7-8,10-12H,2-6,9H2,1H3. The number of ketones is 2. The first-order chi connectivity index (χ1) is 14.4. The van der Waals surface area contributed by atoms with Gasteiger partial charge < -0.3 is 4.74 Å². The van der Waals surface area contributed by atoms with Crippen molar-refractivity contribution in [2.45, 2.75) is 45.2 Å².